The van der Waals surface area contributed by atoms with E-state index in [1.807, 2.05) is 7.05 Å². The van der Waals surface area contributed by atoms with Gasteiger partial charge in [0.15, 0.2) is 5.96 Å². The van der Waals surface area contributed by atoms with E-state index >= 15 is 0 Å². The molecule has 2 N–H and O–H groups in total. The Morgan fingerprint density at radius 3 is 2.62 bits per heavy atom. The fourth-order valence-electron chi connectivity index (χ4n) is 3.98. The van der Waals surface area contributed by atoms with Crippen molar-refractivity contribution in [2.24, 2.45) is 4.99 Å². The molecule has 8 heteroatoms. The zero-order valence-electron chi connectivity index (χ0n) is 15.9. The van der Waals surface area contributed by atoms with Gasteiger partial charge in [0.1, 0.15) is 0 Å². The summed E-state index contributed by atoms with van der Waals surface area (Å²) in [5, 5.41) is 10.4. The number of guanidine groups is 1. The van der Waals surface area contributed by atoms with Crippen LogP contribution in [0.2, 0.25) is 0 Å². The monoisotopic (exact) mass is 509 g/mol. The van der Waals surface area contributed by atoms with Crippen LogP contribution < -0.4 is 10.6 Å². The second kappa shape index (κ2) is 11.1. The average Bonchev–Trinajstić information content (AvgIpc) is 3.28. The largest absolute Gasteiger partial charge is 0.356 e. The second-order valence-corrected chi connectivity index (χ2v) is 9.28. The summed E-state index contributed by atoms with van der Waals surface area (Å²) in [5.74, 6) is 3.48. The van der Waals surface area contributed by atoms with Crippen LogP contribution in [-0.2, 0) is 6.42 Å². The number of halogens is 1. The molecule has 0 unspecified atom stereocenters. The number of thioether (sulfide) groups is 1. The van der Waals surface area contributed by atoms with E-state index in [0.29, 0.717) is 5.54 Å². The molecule has 2 aliphatic rings. The first-order valence-electron chi connectivity index (χ1n) is 9.40. The normalized spacial score (nSPS) is 20.6. The predicted molar refractivity (Wildman–Crippen MR) is 125 cm³/mol. The molecule has 0 atom stereocenters. The van der Waals surface area contributed by atoms with Gasteiger partial charge >= 0.3 is 0 Å². The lowest BCUT2D eigenvalue weighted by atomic mass is 9.94. The van der Waals surface area contributed by atoms with Crippen molar-refractivity contribution in [2.75, 3.05) is 44.7 Å². The molecule has 2 heterocycles. The summed E-state index contributed by atoms with van der Waals surface area (Å²) < 4.78 is 0. The van der Waals surface area contributed by atoms with Crippen LogP contribution in [0.15, 0.2) is 10.4 Å². The quantitative estimate of drug-likeness (QED) is 0.351. The number of aryl methyl sites for hydroxylation is 1. The zero-order chi connectivity index (χ0) is 17.5. The van der Waals surface area contributed by atoms with Gasteiger partial charge < -0.3 is 10.6 Å². The van der Waals surface area contributed by atoms with Crippen LogP contribution in [0.25, 0.3) is 0 Å². The fraction of sp³-hybridized carbons (Fsp3) is 0.778. The Morgan fingerprint density at radius 2 is 2.00 bits per heavy atom. The molecule has 1 aliphatic heterocycles. The van der Waals surface area contributed by atoms with E-state index in [2.05, 4.69) is 49.6 Å². The highest BCUT2D eigenvalue weighted by molar-refractivity contribution is 14.0. The lowest BCUT2D eigenvalue weighted by Crippen LogP contribution is -2.57. The molecule has 26 heavy (non-hydrogen) atoms. The van der Waals surface area contributed by atoms with Crippen LogP contribution in [0, 0.1) is 6.92 Å². The summed E-state index contributed by atoms with van der Waals surface area (Å²) in [6.07, 6.45) is 6.31. The van der Waals surface area contributed by atoms with Gasteiger partial charge in [0, 0.05) is 62.1 Å². The maximum atomic E-state index is 4.52. The van der Waals surface area contributed by atoms with Crippen molar-refractivity contribution in [2.45, 2.75) is 44.6 Å². The summed E-state index contributed by atoms with van der Waals surface area (Å²) in [5.41, 5.74) is 1.51. The Morgan fingerprint density at radius 1 is 1.27 bits per heavy atom. The molecule has 0 amide bonds. The van der Waals surface area contributed by atoms with Crippen molar-refractivity contribution < 1.29 is 0 Å². The van der Waals surface area contributed by atoms with Crippen molar-refractivity contribution in [3.63, 3.8) is 0 Å². The summed E-state index contributed by atoms with van der Waals surface area (Å²) in [6, 6.07) is 0. The molecular weight excluding hydrogens is 477 g/mol. The number of hydrogen-bond acceptors (Lipinski definition) is 5. The molecule has 1 aromatic rings. The maximum Gasteiger partial charge on any atom is 0.191 e. The van der Waals surface area contributed by atoms with E-state index < -0.39 is 0 Å². The van der Waals surface area contributed by atoms with Crippen molar-refractivity contribution in [3.8, 4) is 0 Å². The number of rotatable bonds is 6. The van der Waals surface area contributed by atoms with Gasteiger partial charge in [-0.2, -0.15) is 11.8 Å². The van der Waals surface area contributed by atoms with Crippen LogP contribution in [0.5, 0.6) is 0 Å². The Kier molecular flexibility index (Phi) is 9.46. The topological polar surface area (TPSA) is 52.6 Å². The van der Waals surface area contributed by atoms with Gasteiger partial charge in [-0.15, -0.1) is 35.3 Å². The molecule has 2 fully saturated rings. The highest BCUT2D eigenvalue weighted by atomic mass is 127. The fourth-order valence-corrected chi connectivity index (χ4v) is 5.53. The number of nitrogens with one attached hydrogen (secondary N) is 2. The second-order valence-electron chi connectivity index (χ2n) is 6.99. The van der Waals surface area contributed by atoms with Gasteiger partial charge in [-0.3, -0.25) is 9.89 Å². The first-order valence-corrected chi connectivity index (χ1v) is 11.4. The van der Waals surface area contributed by atoms with E-state index in [1.165, 1.54) is 56.0 Å². The van der Waals surface area contributed by atoms with E-state index in [4.69, 9.17) is 0 Å². The highest BCUT2D eigenvalue weighted by Gasteiger charge is 2.39. The zero-order valence-corrected chi connectivity index (χ0v) is 19.9. The van der Waals surface area contributed by atoms with Gasteiger partial charge in [0.2, 0.25) is 0 Å². The summed E-state index contributed by atoms with van der Waals surface area (Å²) in [7, 11) is 1.86. The number of hydrogen-bond donors (Lipinski definition) is 2. The van der Waals surface area contributed by atoms with Crippen LogP contribution in [0.4, 0.5) is 0 Å². The minimum Gasteiger partial charge on any atom is -0.356 e. The van der Waals surface area contributed by atoms with Crippen molar-refractivity contribution in [1.29, 1.82) is 0 Å². The van der Waals surface area contributed by atoms with E-state index in [-0.39, 0.29) is 24.0 Å². The molecule has 0 spiro atoms. The van der Waals surface area contributed by atoms with Crippen LogP contribution in [0.1, 0.15) is 36.4 Å². The minimum absolute atomic E-state index is 0. The SMILES string of the molecule is CN=C(NCCc1csc(C)n1)NCC1(N2CCSCC2)CCCC1.I. The molecule has 148 valence electrons. The van der Waals surface area contributed by atoms with Crippen LogP contribution >= 0.6 is 47.1 Å². The highest BCUT2D eigenvalue weighted by Crippen LogP contribution is 2.36. The average molecular weight is 510 g/mol. The van der Waals surface area contributed by atoms with Crippen LogP contribution in [-0.4, -0.2) is 66.1 Å². The first-order chi connectivity index (χ1) is 12.2. The molecule has 1 aliphatic carbocycles. The summed E-state index contributed by atoms with van der Waals surface area (Å²) in [4.78, 5) is 11.7. The van der Waals surface area contributed by atoms with Gasteiger partial charge in [0.05, 0.1) is 10.7 Å². The maximum absolute atomic E-state index is 4.52. The van der Waals surface area contributed by atoms with Crippen LogP contribution in [0.3, 0.4) is 0 Å². The molecule has 1 saturated carbocycles. The smallest absolute Gasteiger partial charge is 0.191 e. The minimum atomic E-state index is 0. The lowest BCUT2D eigenvalue weighted by Gasteiger charge is -2.43. The van der Waals surface area contributed by atoms with E-state index in [9.17, 15) is 0 Å². The molecule has 1 aromatic heterocycles. The lowest BCUT2D eigenvalue weighted by molar-refractivity contribution is 0.107. The first kappa shape index (κ1) is 22.2. The number of nitrogens with zero attached hydrogens (tertiary/aromatic N) is 3. The van der Waals surface area contributed by atoms with Gasteiger partial charge in [-0.05, 0) is 19.8 Å². The molecule has 1 saturated heterocycles. The van der Waals surface area contributed by atoms with E-state index in [0.717, 1.165) is 30.5 Å². The van der Waals surface area contributed by atoms with E-state index in [1.54, 1.807) is 11.3 Å². The third kappa shape index (κ3) is 5.97. The standard InChI is InChI=1S/C18H31N5S2.HI/c1-15-22-16(13-25-15)5-8-20-17(19-2)21-14-18(6-3-4-7-18)23-9-11-24-12-10-23;/h13H,3-12,14H2,1-2H3,(H2,19,20,21);1H. The van der Waals surface area contributed by atoms with Crippen molar-refractivity contribution in [3.05, 3.63) is 16.1 Å². The van der Waals surface area contributed by atoms with Crippen molar-refractivity contribution >= 4 is 53.0 Å². The molecular formula is C18H32IN5S2. The summed E-state index contributed by atoms with van der Waals surface area (Å²) >= 11 is 3.81. The summed E-state index contributed by atoms with van der Waals surface area (Å²) in [6.45, 7) is 6.41. The van der Waals surface area contributed by atoms with Gasteiger partial charge in [-0.1, -0.05) is 12.8 Å². The third-order valence-corrected chi connectivity index (χ3v) is 7.13. The predicted octanol–water partition coefficient (Wildman–Crippen LogP) is 3.14. The Labute approximate surface area is 183 Å². The Balaban J connectivity index is 0.00000243. The van der Waals surface area contributed by atoms with Gasteiger partial charge in [0.25, 0.3) is 0 Å². The van der Waals surface area contributed by atoms with Crippen molar-refractivity contribution in [1.82, 2.24) is 20.5 Å². The Hall–Kier alpha value is -0.0600. The Bertz CT molecular complexity index is 566. The number of thiazole rings is 1. The van der Waals surface area contributed by atoms with Gasteiger partial charge in [-0.25, -0.2) is 4.98 Å². The number of aliphatic imine (C=N–C) groups is 1. The number of aromatic nitrogens is 1. The molecule has 3 rings (SSSR count). The third-order valence-electron chi connectivity index (χ3n) is 5.36. The molecule has 5 nitrogen and oxygen atoms in total. The molecule has 0 radical (unpaired) electrons. The molecule has 0 aromatic carbocycles. The molecule has 0 bridgehead atoms.